The molecule has 10 nitrogen and oxygen atoms in total. The molecule has 12 heteroatoms. The van der Waals surface area contributed by atoms with Gasteiger partial charge in [-0.15, -0.1) is 10.2 Å². The Kier molecular flexibility index (Phi) is 6.00. The molecule has 3 aromatic heterocycles. The number of aromatic nitrogens is 6. The van der Waals surface area contributed by atoms with Crippen LogP contribution in [0.1, 0.15) is 17.4 Å². The second-order valence-electron chi connectivity index (χ2n) is 6.06. The number of rotatable bonds is 8. The Morgan fingerprint density at radius 3 is 2.50 bits per heavy atom. The summed E-state index contributed by atoms with van der Waals surface area (Å²) in [7, 11) is 0. The summed E-state index contributed by atoms with van der Waals surface area (Å²) in [6.07, 6.45) is 1.62. The number of nitrogen functional groups attached to an aromatic ring is 2. The molecule has 4 rings (SSSR count). The highest BCUT2D eigenvalue weighted by molar-refractivity contribution is 7.98. The molecule has 0 saturated carbocycles. The highest BCUT2D eigenvalue weighted by Gasteiger charge is 2.16. The maximum Gasteiger partial charge on any atom is 0.225 e. The van der Waals surface area contributed by atoms with Crippen molar-refractivity contribution >= 4 is 35.3 Å². The van der Waals surface area contributed by atoms with Crippen molar-refractivity contribution in [2.75, 3.05) is 11.5 Å². The molecular weight excluding hydrogens is 428 g/mol. The van der Waals surface area contributed by atoms with Gasteiger partial charge in [0.05, 0.1) is 18.6 Å². The van der Waals surface area contributed by atoms with Crippen molar-refractivity contribution in [1.82, 2.24) is 29.7 Å². The molecule has 3 heterocycles. The lowest BCUT2D eigenvalue weighted by Crippen LogP contribution is -2.10. The van der Waals surface area contributed by atoms with E-state index in [1.165, 1.54) is 11.8 Å². The molecule has 30 heavy (non-hydrogen) atoms. The van der Waals surface area contributed by atoms with Crippen LogP contribution in [0.15, 0.2) is 52.2 Å². The van der Waals surface area contributed by atoms with Gasteiger partial charge in [-0.25, -0.2) is 0 Å². The molecule has 0 fully saturated rings. The third kappa shape index (κ3) is 4.99. The predicted molar refractivity (Wildman–Crippen MR) is 112 cm³/mol. The first-order valence-electron chi connectivity index (χ1n) is 8.78. The Labute approximate surface area is 180 Å². The van der Waals surface area contributed by atoms with Gasteiger partial charge in [-0.2, -0.15) is 15.0 Å². The number of ether oxygens (including phenoxy) is 1. The zero-order valence-corrected chi connectivity index (χ0v) is 17.2. The summed E-state index contributed by atoms with van der Waals surface area (Å²) < 4.78 is 13.2. The highest BCUT2D eigenvalue weighted by atomic mass is 35.5. The number of hydrogen-bond acceptors (Lipinski definition) is 10. The van der Waals surface area contributed by atoms with E-state index in [1.807, 2.05) is 16.7 Å². The first-order chi connectivity index (χ1) is 14.6. The molecule has 0 unspecified atom stereocenters. The number of hydrogen-bond donors (Lipinski definition) is 2. The predicted octanol–water partition coefficient (Wildman–Crippen LogP) is 2.79. The van der Waals surface area contributed by atoms with E-state index in [1.54, 1.807) is 30.5 Å². The van der Waals surface area contributed by atoms with E-state index in [2.05, 4.69) is 25.1 Å². The standard InChI is InChI=1S/C18H17ClN8O2S/c19-11-3-5-12(6-4-11)29-9-15-25-26-18(27(15)8-13-2-1-7-28-13)30-10-14-22-16(20)24-17(21)23-14/h1-7H,8-10H2,(H4,20,21,22,23,24). The fourth-order valence-corrected chi connectivity index (χ4v) is 3.52. The van der Waals surface area contributed by atoms with Crippen LogP contribution in [0, 0.1) is 0 Å². The van der Waals surface area contributed by atoms with Gasteiger partial charge in [0.2, 0.25) is 11.9 Å². The van der Waals surface area contributed by atoms with Crippen LogP contribution in [0.3, 0.4) is 0 Å². The number of thioether (sulfide) groups is 1. The van der Waals surface area contributed by atoms with E-state index in [-0.39, 0.29) is 18.5 Å². The quantitative estimate of drug-likeness (QED) is 0.389. The van der Waals surface area contributed by atoms with Crippen molar-refractivity contribution in [3.63, 3.8) is 0 Å². The van der Waals surface area contributed by atoms with Crippen LogP contribution >= 0.6 is 23.4 Å². The van der Waals surface area contributed by atoms with E-state index in [9.17, 15) is 0 Å². The molecule has 154 valence electrons. The lowest BCUT2D eigenvalue weighted by Gasteiger charge is -2.10. The molecule has 1 aromatic carbocycles. The molecule has 0 aliphatic carbocycles. The van der Waals surface area contributed by atoms with Gasteiger partial charge in [-0.3, -0.25) is 4.57 Å². The fourth-order valence-electron chi connectivity index (χ4n) is 2.58. The Morgan fingerprint density at radius 1 is 1.03 bits per heavy atom. The number of halogens is 1. The summed E-state index contributed by atoms with van der Waals surface area (Å²) in [6, 6.07) is 10.8. The Bertz CT molecular complexity index is 1100. The zero-order valence-electron chi connectivity index (χ0n) is 15.6. The first kappa shape index (κ1) is 20.0. The van der Waals surface area contributed by atoms with Gasteiger partial charge in [-0.05, 0) is 36.4 Å². The second-order valence-corrected chi connectivity index (χ2v) is 7.44. The minimum absolute atomic E-state index is 0.0761. The van der Waals surface area contributed by atoms with Crippen LogP contribution in [0.5, 0.6) is 5.75 Å². The van der Waals surface area contributed by atoms with Crippen LogP contribution in [0.2, 0.25) is 5.02 Å². The molecule has 4 N–H and O–H groups in total. The number of anilines is 2. The summed E-state index contributed by atoms with van der Waals surface area (Å²) in [6.45, 7) is 0.671. The van der Waals surface area contributed by atoms with Gasteiger partial charge in [0.15, 0.2) is 11.0 Å². The molecule has 0 spiro atoms. The fraction of sp³-hybridized carbons (Fsp3) is 0.167. The topological polar surface area (TPSA) is 144 Å². The van der Waals surface area contributed by atoms with E-state index in [4.69, 9.17) is 32.2 Å². The molecule has 0 saturated heterocycles. The second kappa shape index (κ2) is 9.01. The van der Waals surface area contributed by atoms with Crippen molar-refractivity contribution in [3.8, 4) is 5.75 Å². The molecule has 0 aliphatic rings. The highest BCUT2D eigenvalue weighted by Crippen LogP contribution is 2.23. The van der Waals surface area contributed by atoms with Crippen LogP contribution in [-0.4, -0.2) is 29.7 Å². The summed E-state index contributed by atoms with van der Waals surface area (Å²) in [5, 5.41) is 9.85. The molecule has 4 aromatic rings. The van der Waals surface area contributed by atoms with E-state index < -0.39 is 0 Å². The monoisotopic (exact) mass is 444 g/mol. The molecule has 0 aliphatic heterocycles. The number of nitrogens with two attached hydrogens (primary N) is 2. The first-order valence-corrected chi connectivity index (χ1v) is 10.1. The SMILES string of the molecule is Nc1nc(N)nc(CSc2nnc(COc3ccc(Cl)cc3)n2Cc2ccco2)n1. The number of benzene rings is 1. The van der Waals surface area contributed by atoms with E-state index >= 15 is 0 Å². The van der Waals surface area contributed by atoms with Crippen molar-refractivity contribution in [1.29, 1.82) is 0 Å². The molecular formula is C18H17ClN8O2S. The summed E-state index contributed by atoms with van der Waals surface area (Å²) >= 11 is 7.31. The smallest absolute Gasteiger partial charge is 0.225 e. The van der Waals surface area contributed by atoms with Crippen LogP contribution in [0.4, 0.5) is 11.9 Å². The van der Waals surface area contributed by atoms with Gasteiger partial charge in [0.25, 0.3) is 0 Å². The van der Waals surface area contributed by atoms with Gasteiger partial charge >= 0.3 is 0 Å². The van der Waals surface area contributed by atoms with E-state index in [0.29, 0.717) is 39.9 Å². The van der Waals surface area contributed by atoms with Gasteiger partial charge in [-0.1, -0.05) is 23.4 Å². The van der Waals surface area contributed by atoms with Crippen LogP contribution in [0.25, 0.3) is 0 Å². The van der Waals surface area contributed by atoms with Crippen molar-refractivity contribution in [3.05, 3.63) is 65.1 Å². The summed E-state index contributed by atoms with van der Waals surface area (Å²) in [4.78, 5) is 11.9. The summed E-state index contributed by atoms with van der Waals surface area (Å²) in [5.41, 5.74) is 11.3. The maximum absolute atomic E-state index is 5.92. The van der Waals surface area contributed by atoms with Crippen molar-refractivity contribution in [2.45, 2.75) is 24.1 Å². The van der Waals surface area contributed by atoms with E-state index in [0.717, 1.165) is 5.76 Å². The molecule has 0 radical (unpaired) electrons. The van der Waals surface area contributed by atoms with Crippen molar-refractivity contribution < 1.29 is 9.15 Å². The van der Waals surface area contributed by atoms with Crippen molar-refractivity contribution in [2.24, 2.45) is 0 Å². The minimum Gasteiger partial charge on any atom is -0.486 e. The Morgan fingerprint density at radius 2 is 1.80 bits per heavy atom. The zero-order chi connectivity index (χ0) is 20.9. The van der Waals surface area contributed by atoms with Gasteiger partial charge in [0.1, 0.15) is 23.9 Å². The Hall–Kier alpha value is -3.31. The summed E-state index contributed by atoms with van der Waals surface area (Å²) in [5.74, 6) is 3.08. The normalized spacial score (nSPS) is 11.0. The third-order valence-corrected chi connectivity index (χ3v) is 5.13. The molecule has 0 bridgehead atoms. The molecule has 0 atom stereocenters. The Balaban J connectivity index is 1.52. The third-order valence-electron chi connectivity index (χ3n) is 3.92. The minimum atomic E-state index is 0.0761. The van der Waals surface area contributed by atoms with Crippen LogP contribution in [-0.2, 0) is 18.9 Å². The number of nitrogens with zero attached hydrogens (tertiary/aromatic N) is 6. The van der Waals surface area contributed by atoms with Crippen LogP contribution < -0.4 is 16.2 Å². The maximum atomic E-state index is 5.92. The lowest BCUT2D eigenvalue weighted by atomic mass is 10.3. The average Bonchev–Trinajstić information content (AvgIpc) is 3.36. The lowest BCUT2D eigenvalue weighted by molar-refractivity contribution is 0.287. The van der Waals surface area contributed by atoms with Gasteiger partial charge in [0, 0.05) is 5.02 Å². The largest absolute Gasteiger partial charge is 0.486 e. The van der Waals surface area contributed by atoms with Gasteiger partial charge < -0.3 is 20.6 Å². The number of furan rings is 1. The molecule has 0 amide bonds. The average molecular weight is 445 g/mol.